The number of hydrogen-bond acceptors (Lipinski definition) is 5. The van der Waals surface area contributed by atoms with Gasteiger partial charge in [-0.2, -0.15) is 5.26 Å². The van der Waals surface area contributed by atoms with Gasteiger partial charge in [0, 0.05) is 23.6 Å². The molecule has 0 spiro atoms. The molecular formula is C23H20N4S2. The smallest absolute Gasteiger partial charge is 0.191 e. The van der Waals surface area contributed by atoms with Crippen LogP contribution in [0.4, 0.5) is 0 Å². The fourth-order valence-electron chi connectivity index (χ4n) is 3.11. The first-order valence-corrected chi connectivity index (χ1v) is 11.3. The van der Waals surface area contributed by atoms with E-state index in [0.29, 0.717) is 5.56 Å². The van der Waals surface area contributed by atoms with Crippen molar-refractivity contribution in [1.29, 1.82) is 5.26 Å². The third-order valence-electron chi connectivity index (χ3n) is 4.60. The Balaban J connectivity index is 1.53. The molecule has 0 bridgehead atoms. The van der Waals surface area contributed by atoms with Gasteiger partial charge in [-0.05, 0) is 41.1 Å². The highest BCUT2D eigenvalue weighted by Crippen LogP contribution is 2.24. The van der Waals surface area contributed by atoms with Crippen molar-refractivity contribution in [1.82, 2.24) is 14.8 Å². The van der Waals surface area contributed by atoms with E-state index >= 15 is 0 Å². The van der Waals surface area contributed by atoms with E-state index in [9.17, 15) is 0 Å². The van der Waals surface area contributed by atoms with Crippen LogP contribution in [0.1, 0.15) is 27.4 Å². The third kappa shape index (κ3) is 5.14. The lowest BCUT2D eigenvalue weighted by molar-refractivity contribution is 0.610. The quantitative estimate of drug-likeness (QED) is 0.364. The van der Waals surface area contributed by atoms with Gasteiger partial charge in [-0.1, -0.05) is 60.3 Å². The van der Waals surface area contributed by atoms with E-state index < -0.39 is 0 Å². The van der Waals surface area contributed by atoms with Gasteiger partial charge in [-0.25, -0.2) is 0 Å². The fraction of sp³-hybridized carbons (Fsp3) is 0.174. The number of benzene rings is 2. The van der Waals surface area contributed by atoms with Crippen LogP contribution in [-0.2, 0) is 25.1 Å². The van der Waals surface area contributed by atoms with Gasteiger partial charge in [0.1, 0.15) is 5.82 Å². The molecule has 4 rings (SSSR count). The van der Waals surface area contributed by atoms with Gasteiger partial charge in [0.05, 0.1) is 11.6 Å². The summed E-state index contributed by atoms with van der Waals surface area (Å²) in [7, 11) is 0. The maximum Gasteiger partial charge on any atom is 0.191 e. The van der Waals surface area contributed by atoms with Gasteiger partial charge in [-0.15, -0.1) is 21.5 Å². The Bertz CT molecular complexity index is 1100. The molecule has 29 heavy (non-hydrogen) atoms. The van der Waals surface area contributed by atoms with Crippen LogP contribution in [-0.4, -0.2) is 14.8 Å². The molecule has 0 saturated heterocycles. The van der Waals surface area contributed by atoms with Crippen molar-refractivity contribution in [3.63, 3.8) is 0 Å². The normalized spacial score (nSPS) is 10.7. The summed E-state index contributed by atoms with van der Waals surface area (Å²) in [5.74, 6) is 1.76. The van der Waals surface area contributed by atoms with Gasteiger partial charge < -0.3 is 4.57 Å². The minimum atomic E-state index is 0.687. The molecule has 0 aliphatic carbocycles. The maximum atomic E-state index is 9.11. The maximum absolute atomic E-state index is 9.11. The topological polar surface area (TPSA) is 54.5 Å². The minimum absolute atomic E-state index is 0.687. The van der Waals surface area contributed by atoms with Crippen LogP contribution >= 0.6 is 23.1 Å². The first kappa shape index (κ1) is 19.4. The van der Waals surface area contributed by atoms with Crippen molar-refractivity contribution in [3.8, 4) is 6.07 Å². The summed E-state index contributed by atoms with van der Waals surface area (Å²) in [6, 6.07) is 24.7. The van der Waals surface area contributed by atoms with Crippen molar-refractivity contribution < 1.29 is 0 Å². The van der Waals surface area contributed by atoms with Crippen molar-refractivity contribution in [2.45, 2.75) is 30.3 Å². The van der Waals surface area contributed by atoms with E-state index in [1.165, 1.54) is 10.4 Å². The van der Waals surface area contributed by atoms with Crippen LogP contribution in [0.25, 0.3) is 0 Å². The number of nitriles is 1. The Labute approximate surface area is 178 Å². The van der Waals surface area contributed by atoms with Gasteiger partial charge in [0.15, 0.2) is 5.16 Å². The molecule has 0 radical (unpaired) electrons. The molecule has 144 valence electrons. The molecule has 0 atom stereocenters. The molecule has 0 saturated carbocycles. The summed E-state index contributed by atoms with van der Waals surface area (Å²) in [6.07, 6.45) is 1.73. The standard InChI is InChI=1S/C23H20N4S2/c24-16-19-8-4-9-20(14-19)17-29-23-26-25-22(15-21-10-5-13-28-21)27(23)12-11-18-6-2-1-3-7-18/h1-10,13-14H,11-12,15,17H2. The van der Waals surface area contributed by atoms with Gasteiger partial charge in [-0.3, -0.25) is 0 Å². The predicted octanol–water partition coefficient (Wildman–Crippen LogP) is 5.34. The van der Waals surface area contributed by atoms with Gasteiger partial charge in [0.25, 0.3) is 0 Å². The molecule has 0 fully saturated rings. The molecule has 2 aromatic heterocycles. The van der Waals surface area contributed by atoms with E-state index in [1.54, 1.807) is 23.1 Å². The second kappa shape index (κ2) is 9.55. The SMILES string of the molecule is N#Cc1cccc(CSc2nnc(Cc3cccs3)n2CCc2ccccc2)c1. The molecule has 0 unspecified atom stereocenters. The van der Waals surface area contributed by atoms with E-state index in [1.807, 2.05) is 30.3 Å². The number of aromatic nitrogens is 3. The first-order chi connectivity index (χ1) is 14.3. The Hall–Kier alpha value is -2.88. The Morgan fingerprint density at radius 2 is 1.83 bits per heavy atom. The Morgan fingerprint density at radius 1 is 0.966 bits per heavy atom. The first-order valence-electron chi connectivity index (χ1n) is 9.42. The van der Waals surface area contributed by atoms with Crippen molar-refractivity contribution in [2.75, 3.05) is 0 Å². The average molecular weight is 417 g/mol. The number of nitrogens with zero attached hydrogens (tertiary/aromatic N) is 4. The van der Waals surface area contributed by atoms with Crippen LogP contribution < -0.4 is 0 Å². The Kier molecular flexibility index (Phi) is 6.40. The number of aryl methyl sites for hydroxylation is 1. The molecule has 0 N–H and O–H groups in total. The molecule has 2 aromatic carbocycles. The highest BCUT2D eigenvalue weighted by molar-refractivity contribution is 7.98. The van der Waals surface area contributed by atoms with Crippen LogP contribution in [0.3, 0.4) is 0 Å². The highest BCUT2D eigenvalue weighted by Gasteiger charge is 2.14. The molecular weight excluding hydrogens is 396 g/mol. The molecule has 2 heterocycles. The van der Waals surface area contributed by atoms with Crippen LogP contribution in [0.2, 0.25) is 0 Å². The molecule has 0 aliphatic heterocycles. The second-order valence-corrected chi connectivity index (χ2v) is 8.62. The summed E-state index contributed by atoms with van der Waals surface area (Å²) < 4.78 is 2.24. The van der Waals surface area contributed by atoms with E-state index in [0.717, 1.165) is 41.7 Å². The summed E-state index contributed by atoms with van der Waals surface area (Å²) in [5, 5.41) is 21.1. The summed E-state index contributed by atoms with van der Waals surface area (Å²) in [5.41, 5.74) is 3.11. The molecule has 4 nitrogen and oxygen atoms in total. The number of thiophene rings is 1. The minimum Gasteiger partial charge on any atom is -0.305 e. The molecule has 0 aliphatic rings. The average Bonchev–Trinajstić information content (AvgIpc) is 3.42. The van der Waals surface area contributed by atoms with Crippen molar-refractivity contribution in [2.24, 2.45) is 0 Å². The van der Waals surface area contributed by atoms with Crippen molar-refractivity contribution >= 4 is 23.1 Å². The third-order valence-corrected chi connectivity index (χ3v) is 6.51. The van der Waals surface area contributed by atoms with Crippen LogP contribution in [0.15, 0.2) is 77.3 Å². The van der Waals surface area contributed by atoms with E-state index in [2.05, 4.69) is 62.6 Å². The summed E-state index contributed by atoms with van der Waals surface area (Å²) >= 11 is 3.42. The van der Waals surface area contributed by atoms with E-state index in [-0.39, 0.29) is 0 Å². The van der Waals surface area contributed by atoms with Crippen molar-refractivity contribution in [3.05, 3.63) is 99.5 Å². The lowest BCUT2D eigenvalue weighted by Crippen LogP contribution is -2.08. The lowest BCUT2D eigenvalue weighted by atomic mass is 10.1. The predicted molar refractivity (Wildman–Crippen MR) is 118 cm³/mol. The molecule has 4 aromatic rings. The zero-order chi connectivity index (χ0) is 19.9. The monoisotopic (exact) mass is 416 g/mol. The van der Waals surface area contributed by atoms with E-state index in [4.69, 9.17) is 5.26 Å². The fourth-order valence-corrected chi connectivity index (χ4v) is 4.74. The zero-order valence-electron chi connectivity index (χ0n) is 15.9. The number of rotatable bonds is 8. The zero-order valence-corrected chi connectivity index (χ0v) is 17.5. The Morgan fingerprint density at radius 3 is 2.62 bits per heavy atom. The summed E-state index contributed by atoms with van der Waals surface area (Å²) in [6.45, 7) is 0.846. The molecule has 6 heteroatoms. The second-order valence-electron chi connectivity index (χ2n) is 6.64. The van der Waals surface area contributed by atoms with Gasteiger partial charge in [0.2, 0.25) is 0 Å². The largest absolute Gasteiger partial charge is 0.305 e. The number of hydrogen-bond donors (Lipinski definition) is 0. The lowest BCUT2D eigenvalue weighted by Gasteiger charge is -2.10. The molecule has 0 amide bonds. The van der Waals surface area contributed by atoms with Gasteiger partial charge >= 0.3 is 0 Å². The highest BCUT2D eigenvalue weighted by atomic mass is 32.2. The van der Waals surface area contributed by atoms with Crippen LogP contribution in [0.5, 0.6) is 0 Å². The number of thioether (sulfide) groups is 1. The van der Waals surface area contributed by atoms with Crippen LogP contribution in [0, 0.1) is 11.3 Å². The summed E-state index contributed by atoms with van der Waals surface area (Å²) in [4.78, 5) is 1.29.